The minimum absolute atomic E-state index is 0.674. The fourth-order valence-corrected chi connectivity index (χ4v) is 2.29. The van der Waals surface area contributed by atoms with Gasteiger partial charge in [0, 0.05) is 22.1 Å². The fourth-order valence-electron chi connectivity index (χ4n) is 1.69. The van der Waals surface area contributed by atoms with Crippen LogP contribution in [0.25, 0.3) is 5.69 Å². The van der Waals surface area contributed by atoms with Crippen molar-refractivity contribution in [2.45, 2.75) is 25.4 Å². The Morgan fingerprint density at radius 1 is 1.44 bits per heavy atom. The fraction of sp³-hybridized carbons (Fsp3) is 0.333. The molecule has 1 heterocycles. The van der Waals surface area contributed by atoms with Crippen LogP contribution in [-0.4, -0.2) is 21.0 Å². The largest absolute Gasteiger partial charge is 0.308 e. The van der Waals surface area contributed by atoms with E-state index in [0.29, 0.717) is 11.1 Å². The molecule has 1 aliphatic rings. The summed E-state index contributed by atoms with van der Waals surface area (Å²) >= 11 is 9.48. The topological polar surface area (TPSA) is 42.7 Å². The predicted molar refractivity (Wildman–Crippen MR) is 73.9 cm³/mol. The van der Waals surface area contributed by atoms with Gasteiger partial charge in [0.05, 0.1) is 17.6 Å². The summed E-state index contributed by atoms with van der Waals surface area (Å²) in [6, 6.07) is 6.27. The van der Waals surface area contributed by atoms with Crippen LogP contribution in [0.5, 0.6) is 0 Å². The third-order valence-electron chi connectivity index (χ3n) is 2.85. The van der Waals surface area contributed by atoms with E-state index in [1.54, 1.807) is 4.68 Å². The molecule has 0 saturated heterocycles. The minimum atomic E-state index is 0.674. The van der Waals surface area contributed by atoms with Crippen LogP contribution in [0, 0.1) is 0 Å². The van der Waals surface area contributed by atoms with Gasteiger partial charge in [0.1, 0.15) is 0 Å². The summed E-state index contributed by atoms with van der Waals surface area (Å²) in [7, 11) is 0. The first-order valence-corrected chi connectivity index (χ1v) is 6.99. The van der Waals surface area contributed by atoms with Gasteiger partial charge in [0.2, 0.25) is 0 Å². The molecule has 0 atom stereocenters. The molecule has 0 spiro atoms. The SMILES string of the molecule is Clc1ccc(Br)c(-n2cc(CNC3CC3)nn2)c1. The van der Waals surface area contributed by atoms with E-state index in [1.165, 1.54) is 12.8 Å². The zero-order chi connectivity index (χ0) is 12.5. The van der Waals surface area contributed by atoms with Crippen LogP contribution in [0.3, 0.4) is 0 Å². The van der Waals surface area contributed by atoms with Crippen LogP contribution in [0.4, 0.5) is 0 Å². The highest BCUT2D eigenvalue weighted by Gasteiger charge is 2.20. The molecule has 1 aromatic carbocycles. The lowest BCUT2D eigenvalue weighted by Gasteiger charge is -2.03. The van der Waals surface area contributed by atoms with Crippen molar-refractivity contribution in [1.29, 1.82) is 0 Å². The van der Waals surface area contributed by atoms with Gasteiger partial charge in [0.15, 0.2) is 0 Å². The lowest BCUT2D eigenvalue weighted by atomic mass is 10.3. The quantitative estimate of drug-likeness (QED) is 0.939. The number of nitrogens with one attached hydrogen (secondary N) is 1. The summed E-state index contributed by atoms with van der Waals surface area (Å²) in [6.45, 7) is 0.767. The van der Waals surface area contributed by atoms with E-state index in [4.69, 9.17) is 11.6 Å². The molecule has 0 amide bonds. The summed E-state index contributed by atoms with van der Waals surface area (Å²) < 4.78 is 2.68. The third kappa shape index (κ3) is 2.74. The molecule has 94 valence electrons. The lowest BCUT2D eigenvalue weighted by Crippen LogP contribution is -2.15. The maximum atomic E-state index is 5.99. The molecule has 4 nitrogen and oxygen atoms in total. The second kappa shape index (κ2) is 4.99. The van der Waals surface area contributed by atoms with Gasteiger partial charge >= 0.3 is 0 Å². The molecule has 6 heteroatoms. The van der Waals surface area contributed by atoms with Crippen molar-refractivity contribution in [3.63, 3.8) is 0 Å². The molecule has 1 aromatic heterocycles. The molecular formula is C12H12BrClN4. The molecule has 0 radical (unpaired) electrons. The standard InChI is InChI=1S/C12H12BrClN4/c13-11-4-1-8(14)5-12(11)18-7-10(16-17-18)6-15-9-2-3-9/h1,4-5,7,9,15H,2-3,6H2. The zero-order valence-electron chi connectivity index (χ0n) is 9.61. The molecule has 1 N–H and O–H groups in total. The van der Waals surface area contributed by atoms with Crippen LogP contribution in [-0.2, 0) is 6.54 Å². The first-order chi connectivity index (χ1) is 8.72. The van der Waals surface area contributed by atoms with Crippen LogP contribution < -0.4 is 5.32 Å². The third-order valence-corrected chi connectivity index (χ3v) is 3.75. The summed E-state index contributed by atoms with van der Waals surface area (Å²) in [6.07, 6.45) is 4.47. The van der Waals surface area contributed by atoms with E-state index in [1.807, 2.05) is 24.4 Å². The molecule has 2 aromatic rings. The number of hydrogen-bond donors (Lipinski definition) is 1. The molecule has 0 unspecified atom stereocenters. The number of nitrogens with zero attached hydrogens (tertiary/aromatic N) is 3. The van der Waals surface area contributed by atoms with Gasteiger partial charge in [-0.05, 0) is 47.0 Å². The summed E-state index contributed by atoms with van der Waals surface area (Å²) in [5.74, 6) is 0. The van der Waals surface area contributed by atoms with Gasteiger partial charge in [-0.25, -0.2) is 4.68 Å². The van der Waals surface area contributed by atoms with Crippen LogP contribution in [0.2, 0.25) is 5.02 Å². The Bertz CT molecular complexity index is 565. The highest BCUT2D eigenvalue weighted by Crippen LogP contribution is 2.24. The monoisotopic (exact) mass is 326 g/mol. The Kier molecular flexibility index (Phi) is 3.37. The van der Waals surface area contributed by atoms with Crippen molar-refractivity contribution < 1.29 is 0 Å². The highest BCUT2D eigenvalue weighted by atomic mass is 79.9. The van der Waals surface area contributed by atoms with Crippen LogP contribution >= 0.6 is 27.5 Å². The Hall–Kier alpha value is -0.910. The summed E-state index contributed by atoms with van der Waals surface area (Å²) in [4.78, 5) is 0. The van der Waals surface area contributed by atoms with E-state index in [0.717, 1.165) is 22.4 Å². The van der Waals surface area contributed by atoms with Crippen molar-refractivity contribution in [3.05, 3.63) is 39.6 Å². The van der Waals surface area contributed by atoms with Gasteiger partial charge in [-0.1, -0.05) is 16.8 Å². The van der Waals surface area contributed by atoms with Crippen molar-refractivity contribution in [1.82, 2.24) is 20.3 Å². The predicted octanol–water partition coefficient (Wildman–Crippen LogP) is 2.94. The molecule has 1 fully saturated rings. The molecule has 0 aliphatic heterocycles. The van der Waals surface area contributed by atoms with Crippen molar-refractivity contribution in [3.8, 4) is 5.69 Å². The van der Waals surface area contributed by atoms with Crippen LogP contribution in [0.15, 0.2) is 28.9 Å². The molecular weight excluding hydrogens is 316 g/mol. The molecule has 1 aliphatic carbocycles. The van der Waals surface area contributed by atoms with E-state index < -0.39 is 0 Å². The zero-order valence-corrected chi connectivity index (χ0v) is 11.9. The van der Waals surface area contributed by atoms with E-state index in [2.05, 4.69) is 31.6 Å². The number of halogens is 2. The highest BCUT2D eigenvalue weighted by molar-refractivity contribution is 9.10. The average molecular weight is 328 g/mol. The summed E-state index contributed by atoms with van der Waals surface area (Å²) in [5.41, 5.74) is 1.83. The van der Waals surface area contributed by atoms with Gasteiger partial charge in [-0.3, -0.25) is 0 Å². The number of benzene rings is 1. The Morgan fingerprint density at radius 2 is 2.28 bits per heavy atom. The molecule has 1 saturated carbocycles. The Labute approximate surface area is 118 Å². The summed E-state index contributed by atoms with van der Waals surface area (Å²) in [5, 5.41) is 12.4. The van der Waals surface area contributed by atoms with Crippen molar-refractivity contribution >= 4 is 27.5 Å². The van der Waals surface area contributed by atoms with Gasteiger partial charge < -0.3 is 5.32 Å². The van der Waals surface area contributed by atoms with Crippen molar-refractivity contribution in [2.75, 3.05) is 0 Å². The normalized spacial score (nSPS) is 15.0. The Morgan fingerprint density at radius 3 is 3.06 bits per heavy atom. The first-order valence-electron chi connectivity index (χ1n) is 5.82. The van der Waals surface area contributed by atoms with Gasteiger partial charge in [0.25, 0.3) is 0 Å². The van der Waals surface area contributed by atoms with Gasteiger partial charge in [-0.15, -0.1) is 5.10 Å². The van der Waals surface area contributed by atoms with E-state index in [-0.39, 0.29) is 0 Å². The number of hydrogen-bond acceptors (Lipinski definition) is 3. The second-order valence-corrected chi connectivity index (χ2v) is 5.70. The smallest absolute Gasteiger partial charge is 0.0969 e. The first kappa shape index (κ1) is 12.1. The molecule has 0 bridgehead atoms. The second-order valence-electron chi connectivity index (χ2n) is 4.41. The number of rotatable bonds is 4. The maximum Gasteiger partial charge on any atom is 0.0969 e. The minimum Gasteiger partial charge on any atom is -0.308 e. The molecule has 3 rings (SSSR count). The molecule has 18 heavy (non-hydrogen) atoms. The van der Waals surface area contributed by atoms with Crippen LogP contribution in [0.1, 0.15) is 18.5 Å². The van der Waals surface area contributed by atoms with Gasteiger partial charge in [-0.2, -0.15) is 0 Å². The Balaban J connectivity index is 1.80. The van der Waals surface area contributed by atoms with Crippen molar-refractivity contribution in [2.24, 2.45) is 0 Å². The average Bonchev–Trinajstić information content (AvgIpc) is 3.08. The number of aromatic nitrogens is 3. The van der Waals surface area contributed by atoms with E-state index in [9.17, 15) is 0 Å². The lowest BCUT2D eigenvalue weighted by molar-refractivity contribution is 0.671. The maximum absolute atomic E-state index is 5.99. The van der Waals surface area contributed by atoms with E-state index >= 15 is 0 Å².